The molecule has 3 aromatic rings. The van der Waals surface area contributed by atoms with Crippen molar-refractivity contribution in [2.24, 2.45) is 0 Å². The summed E-state index contributed by atoms with van der Waals surface area (Å²) < 4.78 is 11.8. The second-order valence-electron chi connectivity index (χ2n) is 6.64. The van der Waals surface area contributed by atoms with Crippen molar-refractivity contribution in [3.05, 3.63) is 75.5 Å². The minimum absolute atomic E-state index is 0.00615. The van der Waals surface area contributed by atoms with Crippen LogP contribution in [0.15, 0.2) is 54.6 Å². The largest absolute Gasteiger partial charge is 0.497 e. The number of hydrogen-bond acceptors (Lipinski definition) is 5. The average Bonchev–Trinajstić information content (AvgIpc) is 3.25. The van der Waals surface area contributed by atoms with Gasteiger partial charge in [0, 0.05) is 31.5 Å². The quantitative estimate of drug-likeness (QED) is 0.346. The van der Waals surface area contributed by atoms with Gasteiger partial charge in [-0.25, -0.2) is 0 Å². The third-order valence-corrected chi connectivity index (χ3v) is 7.42. The number of carbonyl (C=O) groups excluding carboxylic acids is 1. The number of anilines is 1. The summed E-state index contributed by atoms with van der Waals surface area (Å²) in [5.41, 5.74) is 2.48. The van der Waals surface area contributed by atoms with Crippen LogP contribution in [0.25, 0.3) is 0 Å². The van der Waals surface area contributed by atoms with Gasteiger partial charge < -0.3 is 19.7 Å². The number of nitrogens with zero attached hydrogens (tertiary/aromatic N) is 1. The number of hydrogen-bond donors (Lipinski definition) is 1. The molecule has 1 aliphatic rings. The number of alkyl halides is 1. The molecule has 1 aliphatic heterocycles. The zero-order chi connectivity index (χ0) is 20.4. The highest BCUT2D eigenvalue weighted by molar-refractivity contribution is 14.1. The molecule has 150 valence electrons. The number of fused-ring (bicyclic) bond motifs is 1. The maximum Gasteiger partial charge on any atom is 0.258 e. The fourth-order valence-electron chi connectivity index (χ4n) is 3.46. The zero-order valence-corrected chi connectivity index (χ0v) is 19.1. The molecule has 0 saturated carbocycles. The Bertz CT molecular complexity index is 1040. The summed E-state index contributed by atoms with van der Waals surface area (Å²) in [6.45, 7) is 0.426. The van der Waals surface area contributed by atoms with E-state index in [-0.39, 0.29) is 12.1 Å². The predicted molar refractivity (Wildman–Crippen MR) is 124 cm³/mol. The average molecular weight is 520 g/mol. The normalized spacial score (nSPS) is 15.6. The lowest BCUT2D eigenvalue weighted by atomic mass is 10.1. The van der Waals surface area contributed by atoms with Crippen molar-refractivity contribution in [1.29, 1.82) is 0 Å². The van der Waals surface area contributed by atoms with Crippen molar-refractivity contribution >= 4 is 45.5 Å². The van der Waals surface area contributed by atoms with Crippen LogP contribution >= 0.6 is 33.9 Å². The lowest BCUT2D eigenvalue weighted by Gasteiger charge is -2.37. The highest BCUT2D eigenvalue weighted by Crippen LogP contribution is 2.38. The number of halogens is 1. The third kappa shape index (κ3) is 3.93. The SMILES string of the molecule is COc1ccc(CN2C(=O)c3ccccc3NC2c2ccc(CI)s2)c(OC)c1. The Hall–Kier alpha value is -2.26. The Kier molecular flexibility index (Phi) is 5.96. The minimum atomic E-state index is -0.231. The molecule has 0 bridgehead atoms. The van der Waals surface area contributed by atoms with Gasteiger partial charge in [-0.1, -0.05) is 34.7 Å². The van der Waals surface area contributed by atoms with E-state index < -0.39 is 0 Å². The smallest absolute Gasteiger partial charge is 0.258 e. The molecular weight excluding hydrogens is 499 g/mol. The van der Waals surface area contributed by atoms with Crippen LogP contribution < -0.4 is 14.8 Å². The first kappa shape index (κ1) is 20.0. The maximum atomic E-state index is 13.4. The lowest BCUT2D eigenvalue weighted by molar-refractivity contribution is 0.0668. The van der Waals surface area contributed by atoms with Gasteiger partial charge in [0.15, 0.2) is 0 Å². The van der Waals surface area contributed by atoms with Crippen LogP contribution in [0.4, 0.5) is 5.69 Å². The molecule has 4 rings (SSSR count). The first-order chi connectivity index (χ1) is 14.1. The van der Waals surface area contributed by atoms with Gasteiger partial charge in [-0.3, -0.25) is 4.79 Å². The Morgan fingerprint density at radius 2 is 1.93 bits per heavy atom. The van der Waals surface area contributed by atoms with Crippen molar-refractivity contribution in [2.75, 3.05) is 19.5 Å². The number of para-hydroxylation sites is 1. The van der Waals surface area contributed by atoms with E-state index in [0.717, 1.165) is 26.3 Å². The highest BCUT2D eigenvalue weighted by Gasteiger charge is 2.34. The molecule has 1 N–H and O–H groups in total. The Labute approximate surface area is 187 Å². The molecule has 1 aromatic heterocycles. The first-order valence-corrected chi connectivity index (χ1v) is 11.5. The molecule has 2 aromatic carbocycles. The fourth-order valence-corrected chi connectivity index (χ4v) is 5.11. The minimum Gasteiger partial charge on any atom is -0.497 e. The predicted octanol–water partition coefficient (Wildman–Crippen LogP) is 5.47. The number of amides is 1. The van der Waals surface area contributed by atoms with Crippen LogP contribution in [0.1, 0.15) is 31.8 Å². The molecule has 0 saturated heterocycles. The topological polar surface area (TPSA) is 50.8 Å². The zero-order valence-electron chi connectivity index (χ0n) is 16.1. The van der Waals surface area contributed by atoms with E-state index in [1.165, 1.54) is 4.88 Å². The number of nitrogens with one attached hydrogen (secondary N) is 1. The molecular formula is C22H21IN2O3S. The molecule has 1 amide bonds. The summed E-state index contributed by atoms with van der Waals surface area (Å²) in [6.07, 6.45) is -0.231. The number of methoxy groups -OCH3 is 2. The van der Waals surface area contributed by atoms with Gasteiger partial charge in [0.1, 0.15) is 17.7 Å². The monoisotopic (exact) mass is 520 g/mol. The van der Waals surface area contributed by atoms with E-state index in [1.54, 1.807) is 25.6 Å². The number of benzene rings is 2. The van der Waals surface area contributed by atoms with Crippen LogP contribution in [0, 0.1) is 0 Å². The van der Waals surface area contributed by atoms with E-state index in [2.05, 4.69) is 40.0 Å². The van der Waals surface area contributed by atoms with Gasteiger partial charge in [0.05, 0.1) is 26.3 Å². The molecule has 0 radical (unpaired) electrons. The Morgan fingerprint density at radius 3 is 2.66 bits per heavy atom. The Morgan fingerprint density at radius 1 is 1.10 bits per heavy atom. The number of carbonyl (C=O) groups is 1. The van der Waals surface area contributed by atoms with Crippen molar-refractivity contribution in [3.63, 3.8) is 0 Å². The molecule has 7 heteroatoms. The van der Waals surface area contributed by atoms with Crippen LogP contribution in [0.3, 0.4) is 0 Å². The summed E-state index contributed by atoms with van der Waals surface area (Å²) in [4.78, 5) is 17.7. The van der Waals surface area contributed by atoms with E-state index >= 15 is 0 Å². The fraction of sp³-hybridized carbons (Fsp3) is 0.227. The molecule has 0 spiro atoms. The van der Waals surface area contributed by atoms with Crippen molar-refractivity contribution in [2.45, 2.75) is 17.1 Å². The van der Waals surface area contributed by atoms with Gasteiger partial charge in [0.25, 0.3) is 5.91 Å². The Balaban J connectivity index is 1.74. The summed E-state index contributed by atoms with van der Waals surface area (Å²) >= 11 is 4.09. The summed E-state index contributed by atoms with van der Waals surface area (Å²) in [5.74, 6) is 1.43. The lowest BCUT2D eigenvalue weighted by Crippen LogP contribution is -2.42. The van der Waals surface area contributed by atoms with Crippen molar-refractivity contribution in [1.82, 2.24) is 4.90 Å². The molecule has 29 heavy (non-hydrogen) atoms. The van der Waals surface area contributed by atoms with E-state index in [9.17, 15) is 4.79 Å². The molecule has 1 unspecified atom stereocenters. The van der Waals surface area contributed by atoms with Gasteiger partial charge in [-0.2, -0.15) is 0 Å². The van der Waals surface area contributed by atoms with Crippen molar-refractivity contribution in [3.8, 4) is 11.5 Å². The summed E-state index contributed by atoms with van der Waals surface area (Å²) in [7, 11) is 3.26. The molecule has 5 nitrogen and oxygen atoms in total. The van der Waals surface area contributed by atoms with E-state index in [0.29, 0.717) is 17.9 Å². The maximum absolute atomic E-state index is 13.4. The van der Waals surface area contributed by atoms with Gasteiger partial charge in [-0.15, -0.1) is 11.3 Å². The van der Waals surface area contributed by atoms with Crippen molar-refractivity contribution < 1.29 is 14.3 Å². The second-order valence-corrected chi connectivity index (χ2v) is 8.60. The number of ether oxygens (including phenoxy) is 2. The van der Waals surface area contributed by atoms with Crippen LogP contribution in [-0.4, -0.2) is 25.0 Å². The molecule has 2 heterocycles. The third-order valence-electron chi connectivity index (χ3n) is 4.94. The van der Waals surface area contributed by atoms with Crippen LogP contribution in [0.5, 0.6) is 11.5 Å². The summed E-state index contributed by atoms with van der Waals surface area (Å²) in [6, 6.07) is 17.6. The van der Waals surface area contributed by atoms with Crippen LogP contribution in [0.2, 0.25) is 0 Å². The number of thiophene rings is 1. The van der Waals surface area contributed by atoms with E-state index in [4.69, 9.17) is 9.47 Å². The molecule has 1 atom stereocenters. The highest BCUT2D eigenvalue weighted by atomic mass is 127. The number of rotatable bonds is 6. The van der Waals surface area contributed by atoms with Gasteiger partial charge in [-0.05, 0) is 36.4 Å². The van der Waals surface area contributed by atoms with E-state index in [1.807, 2.05) is 47.4 Å². The van der Waals surface area contributed by atoms with Gasteiger partial charge >= 0.3 is 0 Å². The standard InChI is InChI=1S/C22H21IN2O3S/c1-27-15-8-7-14(19(11-15)28-2)13-25-21(20-10-9-16(12-23)29-20)24-18-6-4-3-5-17(18)22(25)26/h3-11,21,24H,12-13H2,1-2H3. The first-order valence-electron chi connectivity index (χ1n) is 9.16. The van der Waals surface area contributed by atoms with Gasteiger partial charge in [0.2, 0.25) is 0 Å². The molecule has 0 aliphatic carbocycles. The second kappa shape index (κ2) is 8.62. The van der Waals surface area contributed by atoms with Crippen LogP contribution in [-0.2, 0) is 11.0 Å². The summed E-state index contributed by atoms with van der Waals surface area (Å²) in [5, 5.41) is 3.56. The molecule has 0 fully saturated rings.